The predicted molar refractivity (Wildman–Crippen MR) is 247 cm³/mol. The molecule has 2 aromatic carbocycles. The van der Waals surface area contributed by atoms with Crippen molar-refractivity contribution in [2.24, 2.45) is 5.92 Å². The average molecular weight is 910 g/mol. The number of hydrogen-bond donors (Lipinski definition) is 2. The van der Waals surface area contributed by atoms with Crippen LogP contribution in [0, 0.1) is 18.7 Å². The molecule has 5 amide bonds. The summed E-state index contributed by atoms with van der Waals surface area (Å²) in [4.78, 5) is 83.5. The Hall–Kier alpha value is -6.95. The molecule has 0 spiro atoms. The highest BCUT2D eigenvalue weighted by Crippen LogP contribution is 2.40. The lowest BCUT2D eigenvalue weighted by molar-refractivity contribution is -0.136. The Morgan fingerprint density at radius 3 is 2.40 bits per heavy atom. The van der Waals surface area contributed by atoms with E-state index >= 15 is 4.39 Å². The van der Waals surface area contributed by atoms with Crippen LogP contribution in [-0.4, -0.2) is 136 Å². The van der Waals surface area contributed by atoms with Crippen LogP contribution in [0.2, 0.25) is 0 Å². The number of hydrogen-bond acceptors (Lipinski definition) is 13. The molecular formula is C49H52FN11O6. The van der Waals surface area contributed by atoms with E-state index in [0.29, 0.717) is 65.1 Å². The molecule has 9 heterocycles. The van der Waals surface area contributed by atoms with E-state index in [2.05, 4.69) is 40.2 Å². The van der Waals surface area contributed by atoms with Gasteiger partial charge in [-0.2, -0.15) is 5.10 Å². The van der Waals surface area contributed by atoms with Gasteiger partial charge in [-0.1, -0.05) is 0 Å². The number of anilines is 4. The number of nitrogens with zero attached hydrogens (tertiary/aromatic N) is 9. The highest BCUT2D eigenvalue weighted by Gasteiger charge is 2.45. The molecule has 0 saturated carbocycles. The number of ether oxygens (including phenoxy) is 1. The van der Waals surface area contributed by atoms with Gasteiger partial charge in [0, 0.05) is 112 Å². The first-order chi connectivity index (χ1) is 32.4. The number of imide groups is 2. The molecule has 2 N–H and O–H groups in total. The number of carbonyl (C=O) groups is 5. The number of likely N-dealkylation sites (tertiary alicyclic amines) is 1. The highest BCUT2D eigenvalue weighted by atomic mass is 19.1. The average Bonchev–Trinajstić information content (AvgIpc) is 3.75. The minimum Gasteiger partial charge on any atom is -0.474 e. The monoisotopic (exact) mass is 909 g/mol. The Balaban J connectivity index is 0.666. The SMILES string of the molecule is Cc1c(-c2cc3cc(Nc4cc5n(n4)CC(=O)N(C4CCN(CC6CCN(c7ccc8c(c7)C(=O)N(C7CCC(=O)NC7=O)C8=O)CC6)CC4)CC5)ncc3cc2F)cnc2c1N(C)CCO2. The molecule has 1 unspecified atom stereocenters. The molecule has 3 fully saturated rings. The third kappa shape index (κ3) is 7.89. The highest BCUT2D eigenvalue weighted by molar-refractivity contribution is 6.23. The second kappa shape index (κ2) is 17.0. The number of piperidine rings is 3. The van der Waals surface area contributed by atoms with E-state index in [1.54, 1.807) is 29.2 Å². The van der Waals surface area contributed by atoms with Crippen molar-refractivity contribution in [2.75, 3.05) is 74.6 Å². The third-order valence-corrected chi connectivity index (χ3v) is 14.7. The number of fused-ring (bicyclic) bond motifs is 4. The summed E-state index contributed by atoms with van der Waals surface area (Å²) in [5, 5.41) is 11.8. The summed E-state index contributed by atoms with van der Waals surface area (Å²) in [5.41, 5.74) is 5.39. The van der Waals surface area contributed by atoms with Crippen LogP contribution < -0.4 is 25.2 Å². The van der Waals surface area contributed by atoms with Gasteiger partial charge in [0.25, 0.3) is 11.8 Å². The number of pyridine rings is 2. The Morgan fingerprint density at radius 2 is 1.60 bits per heavy atom. The fourth-order valence-electron chi connectivity index (χ4n) is 11.0. The van der Waals surface area contributed by atoms with Gasteiger partial charge < -0.3 is 29.7 Å². The minimum atomic E-state index is -0.982. The minimum absolute atomic E-state index is 0.0728. The zero-order valence-corrected chi connectivity index (χ0v) is 37.6. The van der Waals surface area contributed by atoms with E-state index in [1.807, 2.05) is 38.2 Å². The summed E-state index contributed by atoms with van der Waals surface area (Å²) in [7, 11) is 1.99. The van der Waals surface area contributed by atoms with Crippen molar-refractivity contribution in [2.45, 2.75) is 70.5 Å². The van der Waals surface area contributed by atoms with E-state index in [1.165, 1.54) is 6.07 Å². The summed E-state index contributed by atoms with van der Waals surface area (Å²) >= 11 is 0. The van der Waals surface area contributed by atoms with Gasteiger partial charge in [0.05, 0.1) is 17.7 Å². The fourth-order valence-corrected chi connectivity index (χ4v) is 11.0. The number of halogens is 1. The number of rotatable bonds is 8. The molecular weight excluding hydrogens is 858 g/mol. The Labute approximate surface area is 386 Å². The lowest BCUT2D eigenvalue weighted by Gasteiger charge is -2.41. The standard InChI is InChI=1S/C49H52FN11O6/c1-28-38(25-52-47-45(28)56(2)17-18-67-47)36-19-30-21-41(51-24-31(30)20-39(36)50)53-42-23-34-11-16-59(44(63)27-60(34)55-42)32-9-12-57(13-10-32)26-29-7-14-58(15-8-29)33-3-4-35-37(22-33)49(66)61(48(35)65)40-5-6-43(62)54-46(40)64/h3-4,19-25,29,32,40H,5-18,26-27H2,1-2H3,(H,51,53,55)(H,54,62,64). The molecule has 0 radical (unpaired) electrons. The maximum absolute atomic E-state index is 15.6. The van der Waals surface area contributed by atoms with E-state index in [0.717, 1.165) is 97.9 Å². The third-order valence-electron chi connectivity index (χ3n) is 14.7. The normalized spacial score (nSPS) is 20.8. The fraction of sp³-hybridized carbons (Fsp3) is 0.429. The molecule has 6 aliphatic heterocycles. The largest absolute Gasteiger partial charge is 0.474 e. The number of carbonyl (C=O) groups excluding carboxylic acids is 5. The molecule has 3 aromatic heterocycles. The first-order valence-corrected chi connectivity index (χ1v) is 23.3. The Bertz CT molecular complexity index is 2870. The van der Waals surface area contributed by atoms with Gasteiger partial charge >= 0.3 is 0 Å². The van der Waals surface area contributed by atoms with Crippen LogP contribution in [0.5, 0.6) is 5.88 Å². The summed E-state index contributed by atoms with van der Waals surface area (Å²) < 4.78 is 23.1. The second-order valence-electron chi connectivity index (χ2n) is 18.7. The molecule has 17 nitrogen and oxygen atoms in total. The van der Waals surface area contributed by atoms with E-state index in [9.17, 15) is 24.0 Å². The van der Waals surface area contributed by atoms with Crippen LogP contribution in [0.15, 0.2) is 54.9 Å². The molecule has 5 aromatic rings. The summed E-state index contributed by atoms with van der Waals surface area (Å²) in [6.45, 7) is 8.58. The molecule has 11 rings (SSSR count). The number of amides is 5. The van der Waals surface area contributed by atoms with Gasteiger partial charge in [-0.25, -0.2) is 14.4 Å². The maximum atomic E-state index is 15.6. The smallest absolute Gasteiger partial charge is 0.262 e. The van der Waals surface area contributed by atoms with Crippen molar-refractivity contribution >= 4 is 63.3 Å². The van der Waals surface area contributed by atoms with Crippen LogP contribution in [0.3, 0.4) is 0 Å². The molecule has 0 bridgehead atoms. The molecule has 18 heteroatoms. The van der Waals surface area contributed by atoms with Crippen LogP contribution in [0.25, 0.3) is 21.9 Å². The molecule has 346 valence electrons. The van der Waals surface area contributed by atoms with Crippen molar-refractivity contribution < 1.29 is 33.1 Å². The predicted octanol–water partition coefficient (Wildman–Crippen LogP) is 4.68. The maximum Gasteiger partial charge on any atom is 0.262 e. The van der Waals surface area contributed by atoms with Gasteiger partial charge in [-0.15, -0.1) is 0 Å². The number of benzene rings is 2. The molecule has 0 aliphatic carbocycles. The summed E-state index contributed by atoms with van der Waals surface area (Å²) in [5.74, 6) is -0.0259. The zero-order valence-electron chi connectivity index (χ0n) is 37.6. The lowest BCUT2D eigenvalue weighted by Crippen LogP contribution is -2.54. The first-order valence-electron chi connectivity index (χ1n) is 23.3. The summed E-state index contributed by atoms with van der Waals surface area (Å²) in [6, 6.07) is 11.7. The number of nitrogens with one attached hydrogen (secondary N) is 2. The molecule has 6 aliphatic rings. The van der Waals surface area contributed by atoms with E-state index in [4.69, 9.17) is 9.84 Å². The van der Waals surface area contributed by atoms with Crippen molar-refractivity contribution in [3.8, 4) is 17.0 Å². The second-order valence-corrected chi connectivity index (χ2v) is 18.7. The number of likely N-dealkylation sites (N-methyl/N-ethyl adjacent to an activating group) is 1. The molecule has 67 heavy (non-hydrogen) atoms. The topological polar surface area (TPSA) is 178 Å². The van der Waals surface area contributed by atoms with Gasteiger partial charge in [-0.05, 0) is 92.3 Å². The van der Waals surface area contributed by atoms with Crippen molar-refractivity contribution in [3.05, 3.63) is 83.1 Å². The zero-order chi connectivity index (χ0) is 46.1. The van der Waals surface area contributed by atoms with E-state index in [-0.39, 0.29) is 42.7 Å². The van der Waals surface area contributed by atoms with E-state index < -0.39 is 29.7 Å². The van der Waals surface area contributed by atoms with Crippen LogP contribution in [0.4, 0.5) is 27.4 Å². The number of aromatic nitrogens is 4. The Kier molecular flexibility index (Phi) is 10.9. The van der Waals surface area contributed by atoms with Gasteiger partial charge in [0.1, 0.15) is 36.5 Å². The van der Waals surface area contributed by atoms with Gasteiger partial charge in [-0.3, -0.25) is 38.9 Å². The van der Waals surface area contributed by atoms with Crippen LogP contribution in [-0.2, 0) is 27.3 Å². The molecule has 1 atom stereocenters. The van der Waals surface area contributed by atoms with Crippen LogP contribution >= 0.6 is 0 Å². The van der Waals surface area contributed by atoms with Gasteiger partial charge in [0.15, 0.2) is 5.82 Å². The quantitative estimate of drug-likeness (QED) is 0.206. The lowest BCUT2D eigenvalue weighted by atomic mass is 9.94. The molecule has 3 saturated heterocycles. The van der Waals surface area contributed by atoms with Gasteiger partial charge in [0.2, 0.25) is 23.6 Å². The van der Waals surface area contributed by atoms with Crippen LogP contribution in [0.1, 0.15) is 70.5 Å². The van der Waals surface area contributed by atoms with Crippen molar-refractivity contribution in [1.29, 1.82) is 0 Å². The van der Waals surface area contributed by atoms with Crippen molar-refractivity contribution in [3.63, 3.8) is 0 Å². The first kappa shape index (κ1) is 42.7. The summed E-state index contributed by atoms with van der Waals surface area (Å²) in [6.07, 6.45) is 8.07. The van der Waals surface area contributed by atoms with Crippen molar-refractivity contribution in [1.82, 2.24) is 39.8 Å². The Morgan fingerprint density at radius 1 is 0.791 bits per heavy atom.